The number of aryl methyl sites for hydroxylation is 1. The second-order valence-electron chi connectivity index (χ2n) is 3.69. The highest BCUT2D eigenvalue weighted by atomic mass is 79.9. The molecule has 4 heteroatoms. The Bertz CT molecular complexity index is 500. The van der Waals surface area contributed by atoms with Crippen molar-refractivity contribution in [1.29, 1.82) is 0 Å². The summed E-state index contributed by atoms with van der Waals surface area (Å²) >= 11 is 3.53. The van der Waals surface area contributed by atoms with Crippen LogP contribution in [-0.4, -0.2) is 9.97 Å². The van der Waals surface area contributed by atoms with Crippen molar-refractivity contribution >= 4 is 21.7 Å². The monoisotopic (exact) mass is 291 g/mol. The molecule has 2 aromatic rings. The van der Waals surface area contributed by atoms with Crippen molar-refractivity contribution in [3.8, 4) is 0 Å². The van der Waals surface area contributed by atoms with E-state index in [1.807, 2.05) is 24.3 Å². The molecule has 1 aromatic heterocycles. The van der Waals surface area contributed by atoms with Gasteiger partial charge in [-0.15, -0.1) is 0 Å². The topological polar surface area (TPSA) is 37.8 Å². The molecule has 1 heterocycles. The van der Waals surface area contributed by atoms with Crippen LogP contribution in [0.1, 0.15) is 18.2 Å². The third-order valence-corrected chi connectivity index (χ3v) is 3.28. The molecule has 0 unspecified atom stereocenters. The summed E-state index contributed by atoms with van der Waals surface area (Å²) in [4.78, 5) is 8.36. The largest absolute Gasteiger partial charge is 0.366 e. The van der Waals surface area contributed by atoms with Crippen molar-refractivity contribution in [2.24, 2.45) is 0 Å². The summed E-state index contributed by atoms with van der Waals surface area (Å²) in [6.07, 6.45) is 2.52. The van der Waals surface area contributed by atoms with Gasteiger partial charge in [-0.2, -0.15) is 0 Å². The van der Waals surface area contributed by atoms with E-state index in [2.05, 4.69) is 44.2 Å². The van der Waals surface area contributed by atoms with Gasteiger partial charge >= 0.3 is 0 Å². The number of halogens is 1. The van der Waals surface area contributed by atoms with E-state index in [0.29, 0.717) is 0 Å². The molecular formula is C13H14BrN3. The van der Waals surface area contributed by atoms with E-state index in [-0.39, 0.29) is 0 Å². The third kappa shape index (κ3) is 3.27. The summed E-state index contributed by atoms with van der Waals surface area (Å²) in [5.41, 5.74) is 2.26. The van der Waals surface area contributed by atoms with Crippen LogP contribution in [0.5, 0.6) is 0 Å². The molecule has 0 saturated carbocycles. The Hall–Kier alpha value is -1.42. The maximum Gasteiger partial charge on any atom is 0.129 e. The van der Waals surface area contributed by atoms with Gasteiger partial charge in [0.1, 0.15) is 12.1 Å². The number of nitrogens with one attached hydrogen (secondary N) is 1. The minimum Gasteiger partial charge on any atom is -0.366 e. The smallest absolute Gasteiger partial charge is 0.129 e. The Balaban J connectivity index is 2.05. The maximum atomic E-state index is 4.19. The number of rotatable bonds is 4. The zero-order chi connectivity index (χ0) is 12.1. The number of hydrogen-bond acceptors (Lipinski definition) is 3. The molecule has 17 heavy (non-hydrogen) atoms. The summed E-state index contributed by atoms with van der Waals surface area (Å²) < 4.78 is 1.11. The van der Waals surface area contributed by atoms with E-state index in [4.69, 9.17) is 0 Å². The van der Waals surface area contributed by atoms with Crippen molar-refractivity contribution < 1.29 is 0 Å². The standard InChI is InChI=1S/C13H14BrN3/c1-2-11-7-13(17-9-16-11)15-8-10-5-3-4-6-12(10)14/h3-7,9H,2,8H2,1H3,(H,15,16,17). The fourth-order valence-corrected chi connectivity index (χ4v) is 1.94. The summed E-state index contributed by atoms with van der Waals surface area (Å²) in [5.74, 6) is 0.868. The normalized spacial score (nSPS) is 10.2. The summed E-state index contributed by atoms with van der Waals surface area (Å²) in [7, 11) is 0. The fourth-order valence-electron chi connectivity index (χ4n) is 1.52. The lowest BCUT2D eigenvalue weighted by atomic mass is 10.2. The summed E-state index contributed by atoms with van der Waals surface area (Å²) in [6.45, 7) is 2.83. The second-order valence-corrected chi connectivity index (χ2v) is 4.55. The van der Waals surface area contributed by atoms with Crippen LogP contribution >= 0.6 is 15.9 Å². The van der Waals surface area contributed by atoms with Crippen LogP contribution in [0, 0.1) is 0 Å². The van der Waals surface area contributed by atoms with Crippen molar-refractivity contribution in [1.82, 2.24) is 9.97 Å². The third-order valence-electron chi connectivity index (χ3n) is 2.50. The Morgan fingerprint density at radius 1 is 1.24 bits per heavy atom. The number of hydrogen-bond donors (Lipinski definition) is 1. The SMILES string of the molecule is CCc1cc(NCc2ccccc2Br)ncn1. The second kappa shape index (κ2) is 5.77. The molecule has 2 rings (SSSR count). The molecule has 1 aromatic carbocycles. The maximum absolute atomic E-state index is 4.19. The molecule has 0 aliphatic rings. The van der Waals surface area contributed by atoms with Gasteiger partial charge in [0.2, 0.25) is 0 Å². The molecule has 1 N–H and O–H groups in total. The van der Waals surface area contributed by atoms with E-state index < -0.39 is 0 Å². The van der Waals surface area contributed by atoms with Crippen LogP contribution in [-0.2, 0) is 13.0 Å². The van der Waals surface area contributed by atoms with Crippen LogP contribution in [0.3, 0.4) is 0 Å². The van der Waals surface area contributed by atoms with Gasteiger partial charge in [0.15, 0.2) is 0 Å². The Labute approximate surface area is 109 Å². The van der Waals surface area contributed by atoms with Crippen LogP contribution in [0.2, 0.25) is 0 Å². The predicted molar refractivity (Wildman–Crippen MR) is 72.9 cm³/mol. The lowest BCUT2D eigenvalue weighted by Crippen LogP contribution is -2.03. The van der Waals surface area contributed by atoms with Crippen molar-refractivity contribution in [3.05, 3.63) is 52.4 Å². The average molecular weight is 292 g/mol. The molecule has 0 amide bonds. The molecule has 0 saturated heterocycles. The highest BCUT2D eigenvalue weighted by Gasteiger charge is 2.00. The lowest BCUT2D eigenvalue weighted by Gasteiger charge is -2.07. The van der Waals surface area contributed by atoms with Gasteiger partial charge in [0.25, 0.3) is 0 Å². The van der Waals surface area contributed by atoms with Crippen LogP contribution in [0.4, 0.5) is 5.82 Å². The average Bonchev–Trinajstić information content (AvgIpc) is 2.38. The van der Waals surface area contributed by atoms with E-state index in [0.717, 1.165) is 29.0 Å². The van der Waals surface area contributed by atoms with E-state index >= 15 is 0 Å². The fraction of sp³-hybridized carbons (Fsp3) is 0.231. The first-order valence-electron chi connectivity index (χ1n) is 5.58. The molecular weight excluding hydrogens is 278 g/mol. The summed E-state index contributed by atoms with van der Waals surface area (Å²) in [6, 6.07) is 10.1. The molecule has 0 aliphatic carbocycles. The minimum atomic E-state index is 0.752. The summed E-state index contributed by atoms with van der Waals surface area (Å²) in [5, 5.41) is 3.30. The molecule has 88 valence electrons. The Kier molecular flexibility index (Phi) is 4.09. The molecule has 0 bridgehead atoms. The van der Waals surface area contributed by atoms with Gasteiger partial charge in [-0.25, -0.2) is 9.97 Å². The molecule has 0 radical (unpaired) electrons. The molecule has 0 spiro atoms. The highest BCUT2D eigenvalue weighted by Crippen LogP contribution is 2.17. The zero-order valence-electron chi connectivity index (χ0n) is 9.65. The van der Waals surface area contributed by atoms with E-state index in [9.17, 15) is 0 Å². The number of benzene rings is 1. The van der Waals surface area contributed by atoms with Gasteiger partial charge < -0.3 is 5.32 Å². The van der Waals surface area contributed by atoms with Gasteiger partial charge in [0, 0.05) is 22.8 Å². The Morgan fingerprint density at radius 3 is 2.82 bits per heavy atom. The molecule has 0 aliphatic heterocycles. The minimum absolute atomic E-state index is 0.752. The van der Waals surface area contributed by atoms with Crippen LogP contribution in [0.15, 0.2) is 41.1 Å². The lowest BCUT2D eigenvalue weighted by molar-refractivity contribution is 0.986. The molecule has 0 atom stereocenters. The van der Waals surface area contributed by atoms with E-state index in [1.165, 1.54) is 5.56 Å². The predicted octanol–water partition coefficient (Wildman–Crippen LogP) is 3.41. The number of nitrogens with zero attached hydrogens (tertiary/aromatic N) is 2. The first-order valence-corrected chi connectivity index (χ1v) is 6.37. The number of aromatic nitrogens is 2. The first kappa shape index (κ1) is 12.0. The Morgan fingerprint density at radius 2 is 2.06 bits per heavy atom. The van der Waals surface area contributed by atoms with Crippen LogP contribution < -0.4 is 5.32 Å². The quantitative estimate of drug-likeness (QED) is 0.938. The molecule has 0 fully saturated rings. The molecule has 3 nitrogen and oxygen atoms in total. The highest BCUT2D eigenvalue weighted by molar-refractivity contribution is 9.10. The van der Waals surface area contributed by atoms with Gasteiger partial charge in [0.05, 0.1) is 0 Å². The van der Waals surface area contributed by atoms with Crippen molar-refractivity contribution in [2.75, 3.05) is 5.32 Å². The first-order chi connectivity index (χ1) is 8.29. The van der Waals surface area contributed by atoms with Gasteiger partial charge in [-0.1, -0.05) is 41.1 Å². The number of anilines is 1. The van der Waals surface area contributed by atoms with Gasteiger partial charge in [-0.3, -0.25) is 0 Å². The van der Waals surface area contributed by atoms with Crippen molar-refractivity contribution in [2.45, 2.75) is 19.9 Å². The zero-order valence-corrected chi connectivity index (χ0v) is 11.2. The van der Waals surface area contributed by atoms with Crippen LogP contribution in [0.25, 0.3) is 0 Å². The van der Waals surface area contributed by atoms with Crippen molar-refractivity contribution in [3.63, 3.8) is 0 Å². The van der Waals surface area contributed by atoms with E-state index in [1.54, 1.807) is 6.33 Å². The van der Waals surface area contributed by atoms with Gasteiger partial charge in [-0.05, 0) is 18.1 Å².